The maximum Gasteiger partial charge on any atom is 0.247 e. The van der Waals surface area contributed by atoms with Crippen LogP contribution in [0.1, 0.15) is 41.4 Å². The molecule has 24 heavy (non-hydrogen) atoms. The highest BCUT2D eigenvalue weighted by atomic mass is 32.1. The molecule has 5 heteroatoms. The molecule has 1 atom stereocenters. The number of amides is 1. The maximum atomic E-state index is 12.7. The summed E-state index contributed by atoms with van der Waals surface area (Å²) in [7, 11) is 0. The number of ether oxygens (including phenoxy) is 1. The van der Waals surface area contributed by atoms with Gasteiger partial charge in [0.1, 0.15) is 10.8 Å². The van der Waals surface area contributed by atoms with E-state index in [1.165, 1.54) is 5.56 Å². The summed E-state index contributed by atoms with van der Waals surface area (Å²) < 4.78 is 5.52. The number of thiazole rings is 1. The maximum absolute atomic E-state index is 12.7. The molecule has 1 saturated heterocycles. The fourth-order valence-corrected chi connectivity index (χ4v) is 4.21. The lowest BCUT2D eigenvalue weighted by molar-refractivity contribution is -0.129. The van der Waals surface area contributed by atoms with Crippen molar-refractivity contribution in [1.82, 2.24) is 9.88 Å². The first kappa shape index (κ1) is 15.4. The standard InChI is InChI=1S/C19H20N2O2S/c22-18(7-5-14-4-6-17-15(13-14)8-11-23-17)21-10-2-1-3-16(21)19-20-9-12-24-19/h4-7,9,12-13,16H,1-3,8,10-11H2/b7-5+/t16-/m1/s1. The number of carbonyl (C=O) groups is 1. The van der Waals surface area contributed by atoms with Crippen molar-refractivity contribution in [2.75, 3.05) is 13.2 Å². The molecular formula is C19H20N2O2S. The van der Waals surface area contributed by atoms with Crippen molar-refractivity contribution in [3.63, 3.8) is 0 Å². The average molecular weight is 340 g/mol. The summed E-state index contributed by atoms with van der Waals surface area (Å²) in [6.45, 7) is 1.57. The van der Waals surface area contributed by atoms with Crippen LogP contribution < -0.4 is 4.74 Å². The smallest absolute Gasteiger partial charge is 0.247 e. The van der Waals surface area contributed by atoms with Crippen molar-refractivity contribution >= 4 is 23.3 Å². The van der Waals surface area contributed by atoms with Crippen LogP contribution in [0.25, 0.3) is 6.08 Å². The van der Waals surface area contributed by atoms with Crippen LogP contribution in [-0.4, -0.2) is 28.9 Å². The SMILES string of the molecule is O=C(/C=C/c1ccc2c(c1)CCO2)N1CCCC[C@@H]1c1nccs1. The second kappa shape index (κ2) is 6.77. The van der Waals surface area contributed by atoms with E-state index < -0.39 is 0 Å². The molecule has 0 spiro atoms. The number of carbonyl (C=O) groups excluding carboxylic acids is 1. The molecule has 1 fully saturated rings. The fourth-order valence-electron chi connectivity index (χ4n) is 3.42. The zero-order valence-electron chi connectivity index (χ0n) is 13.5. The van der Waals surface area contributed by atoms with Gasteiger partial charge < -0.3 is 9.64 Å². The number of piperidine rings is 1. The fraction of sp³-hybridized carbons (Fsp3) is 0.368. The Balaban J connectivity index is 1.50. The molecule has 0 unspecified atom stereocenters. The highest BCUT2D eigenvalue weighted by Crippen LogP contribution is 2.32. The molecule has 1 amide bonds. The summed E-state index contributed by atoms with van der Waals surface area (Å²) in [5, 5.41) is 3.03. The van der Waals surface area contributed by atoms with E-state index in [1.807, 2.05) is 34.7 Å². The summed E-state index contributed by atoms with van der Waals surface area (Å²) in [4.78, 5) is 19.1. The van der Waals surface area contributed by atoms with Gasteiger partial charge in [-0.15, -0.1) is 11.3 Å². The largest absolute Gasteiger partial charge is 0.493 e. The first-order valence-corrected chi connectivity index (χ1v) is 9.33. The second-order valence-electron chi connectivity index (χ2n) is 6.21. The number of fused-ring (bicyclic) bond motifs is 1. The molecule has 2 aliphatic rings. The zero-order valence-corrected chi connectivity index (χ0v) is 14.3. The molecule has 124 valence electrons. The highest BCUT2D eigenvalue weighted by molar-refractivity contribution is 7.09. The number of hydrogen-bond donors (Lipinski definition) is 0. The van der Waals surface area contributed by atoms with Crippen molar-refractivity contribution in [2.24, 2.45) is 0 Å². The molecule has 4 rings (SSSR count). The Morgan fingerprint density at radius 3 is 3.21 bits per heavy atom. The Morgan fingerprint density at radius 1 is 1.38 bits per heavy atom. The predicted octanol–water partition coefficient (Wildman–Crippen LogP) is 3.85. The average Bonchev–Trinajstić information content (AvgIpc) is 3.30. The van der Waals surface area contributed by atoms with Crippen LogP contribution in [0.2, 0.25) is 0 Å². The van der Waals surface area contributed by atoms with Gasteiger partial charge in [-0.1, -0.05) is 6.07 Å². The third-order valence-corrected chi connectivity index (χ3v) is 5.53. The minimum Gasteiger partial charge on any atom is -0.493 e. The van der Waals surface area contributed by atoms with Crippen LogP contribution in [-0.2, 0) is 11.2 Å². The molecule has 2 aromatic rings. The van der Waals surface area contributed by atoms with Gasteiger partial charge in [0.15, 0.2) is 0 Å². The summed E-state index contributed by atoms with van der Waals surface area (Å²) in [6, 6.07) is 6.23. The van der Waals surface area contributed by atoms with E-state index in [4.69, 9.17) is 4.74 Å². The van der Waals surface area contributed by atoms with Crippen LogP contribution in [0.4, 0.5) is 0 Å². The normalized spacial score (nSPS) is 20.2. The Bertz CT molecular complexity index is 755. The lowest BCUT2D eigenvalue weighted by Gasteiger charge is -2.33. The van der Waals surface area contributed by atoms with Crippen molar-refractivity contribution in [1.29, 1.82) is 0 Å². The number of aromatic nitrogens is 1. The molecule has 1 aromatic carbocycles. The minimum absolute atomic E-state index is 0.0756. The van der Waals surface area contributed by atoms with Gasteiger partial charge in [0.05, 0.1) is 12.6 Å². The minimum atomic E-state index is 0.0756. The van der Waals surface area contributed by atoms with E-state index >= 15 is 0 Å². The van der Waals surface area contributed by atoms with Gasteiger partial charge in [-0.2, -0.15) is 0 Å². The van der Waals surface area contributed by atoms with Crippen molar-refractivity contribution < 1.29 is 9.53 Å². The summed E-state index contributed by atoms with van der Waals surface area (Å²) in [5.74, 6) is 1.05. The lowest BCUT2D eigenvalue weighted by Crippen LogP contribution is -2.37. The molecule has 0 N–H and O–H groups in total. The molecule has 3 heterocycles. The van der Waals surface area contributed by atoms with Crippen LogP contribution in [0.15, 0.2) is 35.9 Å². The first-order valence-electron chi connectivity index (χ1n) is 8.45. The van der Waals surface area contributed by atoms with Gasteiger partial charge >= 0.3 is 0 Å². The van der Waals surface area contributed by atoms with Crippen LogP contribution >= 0.6 is 11.3 Å². The van der Waals surface area contributed by atoms with Crippen LogP contribution in [0, 0.1) is 0 Å². The highest BCUT2D eigenvalue weighted by Gasteiger charge is 2.28. The molecule has 0 aliphatic carbocycles. The number of likely N-dealkylation sites (tertiary alicyclic amines) is 1. The van der Waals surface area contributed by atoms with E-state index in [0.717, 1.165) is 55.2 Å². The van der Waals surface area contributed by atoms with Gasteiger partial charge in [-0.05, 0) is 48.6 Å². The molecule has 1 aromatic heterocycles. The molecule has 4 nitrogen and oxygen atoms in total. The summed E-state index contributed by atoms with van der Waals surface area (Å²) in [5.41, 5.74) is 2.28. The van der Waals surface area contributed by atoms with Gasteiger partial charge in [0.25, 0.3) is 0 Å². The Labute approximate surface area is 145 Å². The Morgan fingerprint density at radius 2 is 2.33 bits per heavy atom. The van der Waals surface area contributed by atoms with Crippen molar-refractivity contribution in [2.45, 2.75) is 31.7 Å². The third-order valence-electron chi connectivity index (χ3n) is 4.65. The first-order chi connectivity index (χ1) is 11.8. The number of hydrogen-bond acceptors (Lipinski definition) is 4. The Kier molecular flexibility index (Phi) is 4.34. The molecule has 0 radical (unpaired) electrons. The van der Waals surface area contributed by atoms with E-state index in [9.17, 15) is 4.79 Å². The quantitative estimate of drug-likeness (QED) is 0.797. The Hall–Kier alpha value is -2.14. The topological polar surface area (TPSA) is 42.4 Å². The van der Waals surface area contributed by atoms with Gasteiger partial charge in [-0.3, -0.25) is 4.79 Å². The zero-order chi connectivity index (χ0) is 16.4. The van der Waals surface area contributed by atoms with Crippen LogP contribution in [0.3, 0.4) is 0 Å². The molecule has 0 bridgehead atoms. The van der Waals surface area contributed by atoms with E-state index in [2.05, 4.69) is 11.1 Å². The molecular weight excluding hydrogens is 320 g/mol. The van der Waals surface area contributed by atoms with Gasteiger partial charge in [0, 0.05) is 30.6 Å². The number of rotatable bonds is 3. The lowest BCUT2D eigenvalue weighted by atomic mass is 10.0. The molecule has 2 aliphatic heterocycles. The van der Waals surface area contributed by atoms with E-state index in [0.29, 0.717) is 0 Å². The summed E-state index contributed by atoms with van der Waals surface area (Å²) in [6.07, 6.45) is 9.60. The van der Waals surface area contributed by atoms with Gasteiger partial charge in [-0.25, -0.2) is 4.98 Å². The van der Waals surface area contributed by atoms with E-state index in [1.54, 1.807) is 17.4 Å². The summed E-state index contributed by atoms with van der Waals surface area (Å²) >= 11 is 1.64. The second-order valence-corrected chi connectivity index (χ2v) is 7.14. The number of nitrogens with zero attached hydrogens (tertiary/aromatic N) is 2. The van der Waals surface area contributed by atoms with Gasteiger partial charge in [0.2, 0.25) is 5.91 Å². The van der Waals surface area contributed by atoms with Crippen molar-refractivity contribution in [3.8, 4) is 5.75 Å². The predicted molar refractivity (Wildman–Crippen MR) is 95.1 cm³/mol. The van der Waals surface area contributed by atoms with E-state index in [-0.39, 0.29) is 11.9 Å². The molecule has 0 saturated carbocycles. The number of benzene rings is 1. The monoisotopic (exact) mass is 340 g/mol. The van der Waals surface area contributed by atoms with Crippen molar-refractivity contribution in [3.05, 3.63) is 52.0 Å². The third kappa shape index (κ3) is 3.08. The van der Waals surface area contributed by atoms with Crippen LogP contribution in [0.5, 0.6) is 5.75 Å².